The van der Waals surface area contributed by atoms with E-state index in [4.69, 9.17) is 5.73 Å². The molecule has 5 nitrogen and oxygen atoms in total. The average Bonchev–Trinajstić information content (AvgIpc) is 3.04. The van der Waals surface area contributed by atoms with Crippen LogP contribution in [-0.4, -0.2) is 21.9 Å². The summed E-state index contributed by atoms with van der Waals surface area (Å²) < 4.78 is 0. The molecule has 1 aliphatic carbocycles. The van der Waals surface area contributed by atoms with Gasteiger partial charge >= 0.3 is 0 Å². The number of anilines is 1. The van der Waals surface area contributed by atoms with Gasteiger partial charge in [-0.05, 0) is 18.8 Å². The van der Waals surface area contributed by atoms with Gasteiger partial charge in [0, 0.05) is 18.4 Å². The molecule has 2 unspecified atom stereocenters. The van der Waals surface area contributed by atoms with Crippen molar-refractivity contribution in [2.75, 3.05) is 5.73 Å². The molecule has 2 aromatic heterocycles. The van der Waals surface area contributed by atoms with Crippen molar-refractivity contribution >= 4 is 33.3 Å². The molecule has 6 heteroatoms. The van der Waals surface area contributed by atoms with Gasteiger partial charge in [-0.1, -0.05) is 13.3 Å². The Morgan fingerprint density at radius 1 is 1.53 bits per heavy atom. The van der Waals surface area contributed by atoms with Gasteiger partial charge in [0.2, 0.25) is 0 Å². The van der Waals surface area contributed by atoms with Gasteiger partial charge in [-0.15, -0.1) is 11.3 Å². The SMILES string of the molecule is CCCC1CC1NC(=O)c1sc2nccnc2c1N. The van der Waals surface area contributed by atoms with Crippen molar-refractivity contribution < 1.29 is 4.79 Å². The van der Waals surface area contributed by atoms with E-state index in [1.54, 1.807) is 12.4 Å². The summed E-state index contributed by atoms with van der Waals surface area (Å²) in [5, 5.41) is 3.04. The second-order valence-corrected chi connectivity index (χ2v) is 5.92. The van der Waals surface area contributed by atoms with E-state index < -0.39 is 0 Å². The topological polar surface area (TPSA) is 80.9 Å². The smallest absolute Gasteiger partial charge is 0.263 e. The van der Waals surface area contributed by atoms with E-state index in [0.29, 0.717) is 32.9 Å². The summed E-state index contributed by atoms with van der Waals surface area (Å²) >= 11 is 1.31. The van der Waals surface area contributed by atoms with E-state index in [0.717, 1.165) is 12.8 Å². The average molecular weight is 276 g/mol. The van der Waals surface area contributed by atoms with Crippen molar-refractivity contribution in [1.29, 1.82) is 0 Å². The van der Waals surface area contributed by atoms with Crippen LogP contribution in [-0.2, 0) is 0 Å². The standard InChI is InChI=1S/C13H16N4OS/c1-2-3-7-6-8(7)17-12(18)11-9(14)10-13(19-11)16-5-4-15-10/h4-5,7-8H,2-3,6,14H2,1H3,(H,17,18). The molecule has 0 spiro atoms. The van der Waals surface area contributed by atoms with Crippen LogP contribution in [0.5, 0.6) is 0 Å². The third-order valence-corrected chi connectivity index (χ3v) is 4.57. The van der Waals surface area contributed by atoms with Crippen LogP contribution in [0.3, 0.4) is 0 Å². The zero-order chi connectivity index (χ0) is 13.4. The van der Waals surface area contributed by atoms with Gasteiger partial charge in [0.1, 0.15) is 15.2 Å². The first-order valence-corrected chi connectivity index (χ1v) is 7.32. The Kier molecular flexibility index (Phi) is 3.10. The second-order valence-electron chi connectivity index (χ2n) is 4.92. The third-order valence-electron chi connectivity index (χ3n) is 3.47. The van der Waals surface area contributed by atoms with Crippen LogP contribution in [0.1, 0.15) is 35.9 Å². The maximum absolute atomic E-state index is 12.2. The molecule has 2 heterocycles. The molecular formula is C13H16N4OS. The first-order chi connectivity index (χ1) is 9.20. The lowest BCUT2D eigenvalue weighted by atomic mass is 10.2. The van der Waals surface area contributed by atoms with E-state index in [2.05, 4.69) is 22.2 Å². The molecule has 1 saturated carbocycles. The Balaban J connectivity index is 1.77. The minimum Gasteiger partial charge on any atom is -0.396 e. The summed E-state index contributed by atoms with van der Waals surface area (Å²) in [6.45, 7) is 2.17. The number of nitrogen functional groups attached to an aromatic ring is 1. The molecule has 100 valence electrons. The Hall–Kier alpha value is -1.69. The Morgan fingerprint density at radius 2 is 2.32 bits per heavy atom. The number of nitrogens with zero attached hydrogens (tertiary/aromatic N) is 2. The van der Waals surface area contributed by atoms with Gasteiger partial charge < -0.3 is 11.1 Å². The number of nitrogens with one attached hydrogen (secondary N) is 1. The van der Waals surface area contributed by atoms with E-state index >= 15 is 0 Å². The molecule has 2 aromatic rings. The molecule has 3 N–H and O–H groups in total. The monoisotopic (exact) mass is 276 g/mol. The van der Waals surface area contributed by atoms with Crippen LogP contribution in [0.4, 0.5) is 5.69 Å². The number of rotatable bonds is 4. The predicted molar refractivity (Wildman–Crippen MR) is 76.1 cm³/mol. The Labute approximate surface area is 115 Å². The van der Waals surface area contributed by atoms with Gasteiger partial charge in [-0.2, -0.15) is 0 Å². The van der Waals surface area contributed by atoms with Gasteiger partial charge in [-0.3, -0.25) is 4.79 Å². The molecule has 1 aliphatic rings. The number of thiophene rings is 1. The first-order valence-electron chi connectivity index (χ1n) is 6.50. The van der Waals surface area contributed by atoms with Crippen molar-refractivity contribution in [3.05, 3.63) is 17.3 Å². The molecular weight excluding hydrogens is 260 g/mol. The molecule has 0 aliphatic heterocycles. The fourth-order valence-electron chi connectivity index (χ4n) is 2.36. The van der Waals surface area contributed by atoms with E-state index in [1.165, 1.54) is 17.8 Å². The zero-order valence-corrected chi connectivity index (χ0v) is 11.5. The van der Waals surface area contributed by atoms with Crippen molar-refractivity contribution in [3.8, 4) is 0 Å². The van der Waals surface area contributed by atoms with Gasteiger partial charge in [0.05, 0.1) is 5.69 Å². The summed E-state index contributed by atoms with van der Waals surface area (Å²) in [6.07, 6.45) is 6.62. The second kappa shape index (κ2) is 4.77. The summed E-state index contributed by atoms with van der Waals surface area (Å²) in [7, 11) is 0. The van der Waals surface area contributed by atoms with E-state index in [-0.39, 0.29) is 5.91 Å². The fraction of sp³-hybridized carbons (Fsp3) is 0.462. The molecule has 2 atom stereocenters. The quantitative estimate of drug-likeness (QED) is 0.897. The number of amides is 1. The minimum atomic E-state index is -0.0918. The lowest BCUT2D eigenvalue weighted by Crippen LogP contribution is -2.26. The largest absolute Gasteiger partial charge is 0.396 e. The molecule has 0 aromatic carbocycles. The number of carbonyl (C=O) groups is 1. The number of nitrogens with two attached hydrogens (primary N) is 1. The normalized spacial score (nSPS) is 21.5. The van der Waals surface area contributed by atoms with Crippen LogP contribution in [0, 0.1) is 5.92 Å². The van der Waals surface area contributed by atoms with Gasteiger partial charge in [0.15, 0.2) is 0 Å². The lowest BCUT2D eigenvalue weighted by Gasteiger charge is -2.03. The predicted octanol–water partition coefficient (Wildman–Crippen LogP) is 2.19. The highest BCUT2D eigenvalue weighted by Crippen LogP contribution is 2.36. The summed E-state index contributed by atoms with van der Waals surface area (Å²) in [6, 6.07) is 0.318. The summed E-state index contributed by atoms with van der Waals surface area (Å²) in [4.78, 5) is 21.8. The Bertz CT molecular complexity index is 624. The van der Waals surface area contributed by atoms with Crippen LogP contribution in [0.15, 0.2) is 12.4 Å². The molecule has 0 radical (unpaired) electrons. The molecule has 1 amide bonds. The van der Waals surface area contributed by atoms with Gasteiger partial charge in [-0.25, -0.2) is 9.97 Å². The lowest BCUT2D eigenvalue weighted by molar-refractivity contribution is 0.0953. The van der Waals surface area contributed by atoms with Crippen molar-refractivity contribution in [1.82, 2.24) is 15.3 Å². The highest BCUT2D eigenvalue weighted by atomic mass is 32.1. The van der Waals surface area contributed by atoms with E-state index in [9.17, 15) is 4.79 Å². The zero-order valence-electron chi connectivity index (χ0n) is 10.7. The van der Waals surface area contributed by atoms with Gasteiger partial charge in [0.25, 0.3) is 5.91 Å². The van der Waals surface area contributed by atoms with Crippen molar-refractivity contribution in [2.24, 2.45) is 5.92 Å². The fourth-order valence-corrected chi connectivity index (χ4v) is 3.29. The summed E-state index contributed by atoms with van der Waals surface area (Å²) in [5.41, 5.74) is 7.04. The molecule has 1 fully saturated rings. The molecule has 0 saturated heterocycles. The number of aromatic nitrogens is 2. The van der Waals surface area contributed by atoms with Crippen molar-refractivity contribution in [2.45, 2.75) is 32.2 Å². The van der Waals surface area contributed by atoms with Crippen LogP contribution < -0.4 is 11.1 Å². The molecule has 19 heavy (non-hydrogen) atoms. The number of fused-ring (bicyclic) bond motifs is 1. The van der Waals surface area contributed by atoms with Crippen LogP contribution >= 0.6 is 11.3 Å². The molecule has 0 bridgehead atoms. The number of hydrogen-bond acceptors (Lipinski definition) is 5. The Morgan fingerprint density at radius 3 is 3.05 bits per heavy atom. The maximum atomic E-state index is 12.2. The summed E-state index contributed by atoms with van der Waals surface area (Å²) in [5.74, 6) is 0.548. The number of carbonyl (C=O) groups excluding carboxylic acids is 1. The molecule has 3 rings (SSSR count). The van der Waals surface area contributed by atoms with Crippen LogP contribution in [0.2, 0.25) is 0 Å². The minimum absolute atomic E-state index is 0.0918. The highest BCUT2D eigenvalue weighted by Gasteiger charge is 2.37. The third kappa shape index (κ3) is 2.28. The number of hydrogen-bond donors (Lipinski definition) is 2. The highest BCUT2D eigenvalue weighted by molar-refractivity contribution is 7.21. The maximum Gasteiger partial charge on any atom is 0.263 e. The first kappa shape index (κ1) is 12.3. The van der Waals surface area contributed by atoms with E-state index in [1.807, 2.05) is 0 Å². The van der Waals surface area contributed by atoms with Crippen molar-refractivity contribution in [3.63, 3.8) is 0 Å². The van der Waals surface area contributed by atoms with Crippen LogP contribution in [0.25, 0.3) is 10.3 Å².